The van der Waals surface area contributed by atoms with Gasteiger partial charge in [0.1, 0.15) is 5.69 Å². The van der Waals surface area contributed by atoms with Crippen LogP contribution in [0.4, 0.5) is 5.69 Å². The van der Waals surface area contributed by atoms with E-state index in [0.29, 0.717) is 5.02 Å². The Balaban J connectivity index is 2.23. The molecule has 2 aromatic carbocycles. The standard InChI is InChI=1S/C15H17ClN2/c1-2-3-6-11-17-18-15-13-8-5-4-7-12(13)9-10-14(15)16/h4-5,7-10H,2-3,6,11H2,1H3/b18-17+. The number of benzene rings is 2. The molecule has 94 valence electrons. The molecule has 2 nitrogen and oxygen atoms in total. The molecular weight excluding hydrogens is 244 g/mol. The molecule has 2 aromatic rings. The minimum Gasteiger partial charge on any atom is -0.189 e. The van der Waals surface area contributed by atoms with E-state index >= 15 is 0 Å². The van der Waals surface area contributed by atoms with Gasteiger partial charge in [-0.2, -0.15) is 10.2 Å². The van der Waals surface area contributed by atoms with Gasteiger partial charge in [-0.25, -0.2) is 0 Å². The average Bonchev–Trinajstić information content (AvgIpc) is 2.41. The number of rotatable bonds is 5. The molecule has 0 aliphatic carbocycles. The maximum absolute atomic E-state index is 6.19. The summed E-state index contributed by atoms with van der Waals surface area (Å²) in [6, 6.07) is 12.0. The Labute approximate surface area is 113 Å². The van der Waals surface area contributed by atoms with Crippen molar-refractivity contribution in [2.75, 3.05) is 6.54 Å². The van der Waals surface area contributed by atoms with Crippen LogP contribution in [0.1, 0.15) is 26.2 Å². The van der Waals surface area contributed by atoms with Gasteiger partial charge < -0.3 is 0 Å². The van der Waals surface area contributed by atoms with E-state index in [2.05, 4.69) is 23.2 Å². The first kappa shape index (κ1) is 13.0. The summed E-state index contributed by atoms with van der Waals surface area (Å²) in [7, 11) is 0. The van der Waals surface area contributed by atoms with E-state index < -0.39 is 0 Å². The Morgan fingerprint density at radius 3 is 2.72 bits per heavy atom. The summed E-state index contributed by atoms with van der Waals surface area (Å²) in [6.07, 6.45) is 3.48. The number of fused-ring (bicyclic) bond motifs is 1. The summed E-state index contributed by atoms with van der Waals surface area (Å²) in [5, 5.41) is 11.4. The van der Waals surface area contributed by atoms with E-state index in [4.69, 9.17) is 11.6 Å². The molecule has 0 bridgehead atoms. The Morgan fingerprint density at radius 1 is 1.06 bits per heavy atom. The average molecular weight is 261 g/mol. The minimum atomic E-state index is 0.660. The molecule has 0 aliphatic rings. The molecule has 2 rings (SSSR count). The van der Waals surface area contributed by atoms with Gasteiger partial charge in [0.25, 0.3) is 0 Å². The third-order valence-corrected chi connectivity index (χ3v) is 3.19. The van der Waals surface area contributed by atoms with E-state index in [9.17, 15) is 0 Å². The fraction of sp³-hybridized carbons (Fsp3) is 0.333. The molecule has 0 saturated carbocycles. The lowest BCUT2D eigenvalue weighted by Gasteiger charge is -2.03. The summed E-state index contributed by atoms with van der Waals surface area (Å²) >= 11 is 6.19. The zero-order chi connectivity index (χ0) is 12.8. The number of hydrogen-bond acceptors (Lipinski definition) is 2. The Bertz CT molecular complexity index is 549. The van der Waals surface area contributed by atoms with Crippen LogP contribution < -0.4 is 0 Å². The number of hydrogen-bond donors (Lipinski definition) is 0. The van der Waals surface area contributed by atoms with Crippen molar-refractivity contribution in [1.29, 1.82) is 0 Å². The van der Waals surface area contributed by atoms with Gasteiger partial charge in [0.2, 0.25) is 0 Å². The van der Waals surface area contributed by atoms with Crippen LogP contribution in [0.25, 0.3) is 10.8 Å². The predicted octanol–water partition coefficient (Wildman–Crippen LogP) is 5.77. The van der Waals surface area contributed by atoms with Crippen LogP contribution >= 0.6 is 11.6 Å². The quantitative estimate of drug-likeness (QED) is 0.482. The molecule has 0 atom stereocenters. The first-order chi connectivity index (χ1) is 8.83. The molecule has 0 unspecified atom stereocenters. The van der Waals surface area contributed by atoms with Crippen LogP contribution in [-0.2, 0) is 0 Å². The lowest BCUT2D eigenvalue weighted by molar-refractivity contribution is 0.713. The molecule has 0 saturated heterocycles. The Hall–Kier alpha value is -1.41. The molecular formula is C15H17ClN2. The largest absolute Gasteiger partial charge is 0.189 e. The van der Waals surface area contributed by atoms with Crippen molar-refractivity contribution >= 4 is 28.1 Å². The van der Waals surface area contributed by atoms with Crippen molar-refractivity contribution in [3.05, 3.63) is 41.4 Å². The number of nitrogens with zero attached hydrogens (tertiary/aromatic N) is 2. The van der Waals surface area contributed by atoms with Gasteiger partial charge in [-0.3, -0.25) is 0 Å². The first-order valence-corrected chi connectivity index (χ1v) is 6.75. The SMILES string of the molecule is CCCCC/N=N/c1c(Cl)ccc2ccccc12. The van der Waals surface area contributed by atoms with Crippen molar-refractivity contribution in [1.82, 2.24) is 0 Å². The van der Waals surface area contributed by atoms with Gasteiger partial charge in [0.05, 0.1) is 11.6 Å². The third kappa shape index (κ3) is 3.08. The second-order valence-corrected chi connectivity index (χ2v) is 4.70. The first-order valence-electron chi connectivity index (χ1n) is 6.37. The predicted molar refractivity (Wildman–Crippen MR) is 77.9 cm³/mol. The van der Waals surface area contributed by atoms with Crippen molar-refractivity contribution in [2.45, 2.75) is 26.2 Å². The van der Waals surface area contributed by atoms with Crippen LogP contribution in [-0.4, -0.2) is 6.54 Å². The van der Waals surface area contributed by atoms with Crippen LogP contribution in [0.5, 0.6) is 0 Å². The zero-order valence-corrected chi connectivity index (χ0v) is 11.3. The summed E-state index contributed by atoms with van der Waals surface area (Å²) in [5.74, 6) is 0. The number of halogens is 1. The van der Waals surface area contributed by atoms with Gasteiger partial charge in [0.15, 0.2) is 0 Å². The highest BCUT2D eigenvalue weighted by atomic mass is 35.5. The molecule has 3 heteroatoms. The van der Waals surface area contributed by atoms with Crippen LogP contribution in [0.3, 0.4) is 0 Å². The van der Waals surface area contributed by atoms with Gasteiger partial charge in [-0.1, -0.05) is 61.7 Å². The van der Waals surface area contributed by atoms with E-state index in [1.54, 1.807) is 0 Å². The van der Waals surface area contributed by atoms with Gasteiger partial charge in [-0.15, -0.1) is 0 Å². The molecule has 0 N–H and O–H groups in total. The van der Waals surface area contributed by atoms with Gasteiger partial charge >= 0.3 is 0 Å². The Morgan fingerprint density at radius 2 is 1.89 bits per heavy atom. The summed E-state index contributed by atoms with van der Waals surface area (Å²) < 4.78 is 0. The molecule has 18 heavy (non-hydrogen) atoms. The number of unbranched alkanes of at least 4 members (excludes halogenated alkanes) is 2. The summed E-state index contributed by atoms with van der Waals surface area (Å²) in [6.45, 7) is 2.95. The molecule has 0 radical (unpaired) electrons. The highest BCUT2D eigenvalue weighted by molar-refractivity contribution is 6.34. The fourth-order valence-corrected chi connectivity index (χ4v) is 2.09. The lowest BCUT2D eigenvalue weighted by Crippen LogP contribution is -1.79. The van der Waals surface area contributed by atoms with Crippen molar-refractivity contribution in [2.24, 2.45) is 10.2 Å². The molecule has 0 aliphatic heterocycles. The van der Waals surface area contributed by atoms with Crippen LogP contribution in [0, 0.1) is 0 Å². The van der Waals surface area contributed by atoms with E-state index in [0.717, 1.165) is 29.4 Å². The summed E-state index contributed by atoms with van der Waals surface area (Å²) in [5.41, 5.74) is 0.784. The molecule has 0 spiro atoms. The maximum Gasteiger partial charge on any atom is 0.112 e. The smallest absolute Gasteiger partial charge is 0.112 e. The number of azo groups is 1. The van der Waals surface area contributed by atoms with Crippen molar-refractivity contribution < 1.29 is 0 Å². The molecule has 0 heterocycles. The van der Waals surface area contributed by atoms with Crippen LogP contribution in [0.2, 0.25) is 5.02 Å². The van der Waals surface area contributed by atoms with Gasteiger partial charge in [-0.05, 0) is 17.9 Å². The second kappa shape index (κ2) is 6.50. The molecule has 0 amide bonds. The second-order valence-electron chi connectivity index (χ2n) is 4.29. The van der Waals surface area contributed by atoms with Gasteiger partial charge in [0, 0.05) is 5.39 Å². The maximum atomic E-state index is 6.19. The van der Waals surface area contributed by atoms with Crippen molar-refractivity contribution in [3.8, 4) is 0 Å². The normalized spacial score (nSPS) is 11.4. The monoisotopic (exact) mass is 260 g/mol. The van der Waals surface area contributed by atoms with E-state index in [1.165, 1.54) is 12.8 Å². The lowest BCUT2D eigenvalue weighted by atomic mass is 10.1. The molecule has 0 aromatic heterocycles. The van der Waals surface area contributed by atoms with E-state index in [-0.39, 0.29) is 0 Å². The highest BCUT2D eigenvalue weighted by Crippen LogP contribution is 2.33. The van der Waals surface area contributed by atoms with E-state index in [1.807, 2.05) is 30.3 Å². The molecule has 0 fully saturated rings. The Kier molecular flexibility index (Phi) is 4.71. The van der Waals surface area contributed by atoms with Crippen molar-refractivity contribution in [3.63, 3.8) is 0 Å². The summed E-state index contributed by atoms with van der Waals surface area (Å²) in [4.78, 5) is 0. The zero-order valence-electron chi connectivity index (χ0n) is 10.6. The minimum absolute atomic E-state index is 0.660. The highest BCUT2D eigenvalue weighted by Gasteiger charge is 2.04. The topological polar surface area (TPSA) is 24.7 Å². The fourth-order valence-electron chi connectivity index (χ4n) is 1.88. The van der Waals surface area contributed by atoms with Crippen LogP contribution in [0.15, 0.2) is 46.6 Å². The third-order valence-electron chi connectivity index (χ3n) is 2.88.